The van der Waals surface area contributed by atoms with E-state index in [1.807, 2.05) is 24.3 Å². The predicted molar refractivity (Wildman–Crippen MR) is 145 cm³/mol. The van der Waals surface area contributed by atoms with Gasteiger partial charge in [0, 0.05) is 35.9 Å². The first-order chi connectivity index (χ1) is 18.5. The maximum absolute atomic E-state index is 10.6. The van der Waals surface area contributed by atoms with Crippen molar-refractivity contribution in [3.05, 3.63) is 55.6 Å². The number of hydrogen-bond donors (Lipinski definition) is 5. The second-order valence-corrected chi connectivity index (χ2v) is 9.81. The second kappa shape index (κ2) is 11.7. The molecule has 1 saturated heterocycles. The van der Waals surface area contributed by atoms with E-state index in [2.05, 4.69) is 35.2 Å². The normalized spacial score (nSPS) is 21.7. The number of guanidine groups is 1. The summed E-state index contributed by atoms with van der Waals surface area (Å²) in [5, 5.41) is 24.2. The average molecular weight is 537 g/mol. The van der Waals surface area contributed by atoms with Crippen molar-refractivity contribution >= 4 is 40.4 Å². The highest BCUT2D eigenvalue weighted by atomic mass is 32.2. The van der Waals surface area contributed by atoms with Gasteiger partial charge >= 0.3 is 0 Å². The van der Waals surface area contributed by atoms with Gasteiger partial charge in [-0.2, -0.15) is 11.8 Å². The van der Waals surface area contributed by atoms with E-state index in [-0.39, 0.29) is 5.82 Å². The number of aliphatic hydroxyl groups excluding tert-OH is 2. The fraction of sp³-hybridized carbons (Fsp3) is 0.333. The monoisotopic (exact) mass is 536 g/mol. The van der Waals surface area contributed by atoms with Gasteiger partial charge in [0.2, 0.25) is 0 Å². The van der Waals surface area contributed by atoms with Crippen molar-refractivity contribution in [2.24, 2.45) is 10.7 Å². The summed E-state index contributed by atoms with van der Waals surface area (Å²) in [6, 6.07) is 7.77. The molecule has 0 aliphatic carbocycles. The summed E-state index contributed by atoms with van der Waals surface area (Å²) in [7, 11) is 0. The standard InChI is InChI=1S/C24H28N10O3S/c25-21-18-22(31-12-30-21)34(13-32-18)23-20(36)19(35)17(37-23)10-38-6-2-5-29-24(26)33-16-4-1-3-14(7-16)15-8-27-11-28-9-15/h1,3-4,7-9,11-13,17,19-20,23,35-36H,2,5-6,10H2,(H2,25,30,31)(H3,26,29,33)/t17-,19-,20-,23-/m1/s1. The first-order valence-electron chi connectivity index (χ1n) is 12.0. The Hall–Kier alpha value is -3.85. The average Bonchev–Trinajstić information content (AvgIpc) is 3.48. The first-order valence-corrected chi connectivity index (χ1v) is 13.1. The third-order valence-electron chi connectivity index (χ3n) is 6.04. The molecule has 1 aliphatic heterocycles. The van der Waals surface area contributed by atoms with Crippen LogP contribution in [-0.2, 0) is 4.74 Å². The Morgan fingerprint density at radius 1 is 1.11 bits per heavy atom. The zero-order valence-electron chi connectivity index (χ0n) is 20.3. The van der Waals surface area contributed by atoms with Crippen molar-refractivity contribution in [2.75, 3.05) is 29.1 Å². The Bertz CT molecular complexity index is 1400. The fourth-order valence-corrected chi connectivity index (χ4v) is 5.14. The van der Waals surface area contributed by atoms with Gasteiger partial charge in [-0.3, -0.25) is 9.56 Å². The Morgan fingerprint density at radius 3 is 2.79 bits per heavy atom. The lowest BCUT2D eigenvalue weighted by molar-refractivity contribution is -0.0289. The number of aliphatic hydroxyl groups is 2. The van der Waals surface area contributed by atoms with Crippen molar-refractivity contribution in [3.8, 4) is 11.1 Å². The number of benzene rings is 1. The molecule has 0 saturated carbocycles. The topological polar surface area (TPSA) is 196 Å². The maximum Gasteiger partial charge on any atom is 0.193 e. The summed E-state index contributed by atoms with van der Waals surface area (Å²) in [4.78, 5) is 24.8. The molecule has 38 heavy (non-hydrogen) atoms. The third kappa shape index (κ3) is 5.67. The number of fused-ring (bicyclic) bond motifs is 1. The number of aromatic nitrogens is 6. The van der Waals surface area contributed by atoms with E-state index in [9.17, 15) is 10.2 Å². The SMILES string of the molecule is NC(=NCCCSC[C@H]1O[C@@H](n2cnc3c(N)ncnc32)[C@H](O)[C@@H]1O)Nc1cccc(-c2cncnc2)c1. The molecule has 14 heteroatoms. The molecule has 1 fully saturated rings. The van der Waals surface area contributed by atoms with Crippen LogP contribution in [0.3, 0.4) is 0 Å². The molecule has 13 nitrogen and oxygen atoms in total. The summed E-state index contributed by atoms with van der Waals surface area (Å²) < 4.78 is 7.54. The van der Waals surface area contributed by atoms with Crippen LogP contribution >= 0.6 is 11.8 Å². The van der Waals surface area contributed by atoms with Crippen LogP contribution in [0, 0.1) is 0 Å². The van der Waals surface area contributed by atoms with Crippen molar-refractivity contribution in [2.45, 2.75) is 31.0 Å². The molecule has 4 heterocycles. The van der Waals surface area contributed by atoms with Gasteiger partial charge in [-0.05, 0) is 29.9 Å². The number of ether oxygens (including phenoxy) is 1. The number of anilines is 2. The molecule has 4 atom stereocenters. The minimum Gasteiger partial charge on any atom is -0.387 e. The summed E-state index contributed by atoms with van der Waals surface area (Å²) in [6.07, 6.45) is 5.05. The van der Waals surface area contributed by atoms with Crippen molar-refractivity contribution < 1.29 is 14.9 Å². The van der Waals surface area contributed by atoms with E-state index in [1.54, 1.807) is 28.7 Å². The van der Waals surface area contributed by atoms with Gasteiger partial charge in [-0.15, -0.1) is 0 Å². The molecule has 0 spiro atoms. The first kappa shape index (κ1) is 25.8. The van der Waals surface area contributed by atoms with Crippen molar-refractivity contribution in [1.29, 1.82) is 0 Å². The fourth-order valence-electron chi connectivity index (χ4n) is 4.13. The smallest absolute Gasteiger partial charge is 0.193 e. The Kier molecular flexibility index (Phi) is 7.93. The lowest BCUT2D eigenvalue weighted by Gasteiger charge is -2.16. The summed E-state index contributed by atoms with van der Waals surface area (Å²) >= 11 is 1.61. The third-order valence-corrected chi connectivity index (χ3v) is 7.18. The van der Waals surface area contributed by atoms with Gasteiger partial charge in [0.05, 0.1) is 12.4 Å². The number of nitrogen functional groups attached to an aromatic ring is 1. The maximum atomic E-state index is 10.6. The van der Waals surface area contributed by atoms with Gasteiger partial charge < -0.3 is 31.7 Å². The molecule has 5 rings (SSSR count). The molecule has 0 amide bonds. The van der Waals surface area contributed by atoms with E-state index in [0.29, 0.717) is 29.4 Å². The molecule has 7 N–H and O–H groups in total. The quantitative estimate of drug-likeness (QED) is 0.116. The number of nitrogens with zero attached hydrogens (tertiary/aromatic N) is 7. The second-order valence-electron chi connectivity index (χ2n) is 8.66. The molecule has 0 radical (unpaired) electrons. The number of nitrogens with one attached hydrogen (secondary N) is 1. The summed E-state index contributed by atoms with van der Waals surface area (Å²) in [5.74, 6) is 1.86. The number of nitrogens with two attached hydrogens (primary N) is 2. The number of imidazole rings is 1. The molecule has 1 aromatic carbocycles. The van der Waals surface area contributed by atoms with Crippen LogP contribution in [0.15, 0.2) is 60.6 Å². The molecule has 0 unspecified atom stereocenters. The molecular formula is C24H28N10O3S. The minimum atomic E-state index is -1.13. The van der Waals surface area contributed by atoms with Gasteiger partial charge in [-0.1, -0.05) is 12.1 Å². The van der Waals surface area contributed by atoms with E-state index < -0.39 is 24.5 Å². The van der Waals surface area contributed by atoms with Crippen LogP contribution in [0.4, 0.5) is 11.5 Å². The minimum absolute atomic E-state index is 0.239. The molecule has 0 bridgehead atoms. The summed E-state index contributed by atoms with van der Waals surface area (Å²) in [5.41, 5.74) is 15.5. The Morgan fingerprint density at radius 2 is 1.95 bits per heavy atom. The highest BCUT2D eigenvalue weighted by Gasteiger charge is 2.44. The van der Waals surface area contributed by atoms with E-state index in [0.717, 1.165) is 29.0 Å². The zero-order chi connectivity index (χ0) is 26.5. The van der Waals surface area contributed by atoms with Crippen molar-refractivity contribution in [1.82, 2.24) is 29.5 Å². The van der Waals surface area contributed by atoms with Crippen LogP contribution in [0.2, 0.25) is 0 Å². The van der Waals surface area contributed by atoms with E-state index in [1.165, 1.54) is 19.0 Å². The highest BCUT2D eigenvalue weighted by Crippen LogP contribution is 2.33. The van der Waals surface area contributed by atoms with Gasteiger partial charge in [0.25, 0.3) is 0 Å². The van der Waals surface area contributed by atoms with Gasteiger partial charge in [-0.25, -0.2) is 24.9 Å². The molecular weight excluding hydrogens is 508 g/mol. The van der Waals surface area contributed by atoms with Crippen LogP contribution in [0.5, 0.6) is 0 Å². The van der Waals surface area contributed by atoms with E-state index >= 15 is 0 Å². The summed E-state index contributed by atoms with van der Waals surface area (Å²) in [6.45, 7) is 0.541. The van der Waals surface area contributed by atoms with E-state index in [4.69, 9.17) is 16.2 Å². The Balaban J connectivity index is 1.07. The highest BCUT2D eigenvalue weighted by molar-refractivity contribution is 7.99. The van der Waals surface area contributed by atoms with Crippen LogP contribution in [0.1, 0.15) is 12.6 Å². The molecule has 4 aromatic rings. The van der Waals surface area contributed by atoms with Gasteiger partial charge in [0.15, 0.2) is 23.7 Å². The molecule has 198 valence electrons. The van der Waals surface area contributed by atoms with Crippen LogP contribution < -0.4 is 16.8 Å². The van der Waals surface area contributed by atoms with Crippen molar-refractivity contribution in [3.63, 3.8) is 0 Å². The van der Waals surface area contributed by atoms with Gasteiger partial charge in [0.1, 0.15) is 30.4 Å². The Labute approximate surface area is 222 Å². The predicted octanol–water partition coefficient (Wildman–Crippen LogP) is 1.03. The van der Waals surface area contributed by atoms with Crippen LogP contribution in [-0.4, -0.2) is 82.0 Å². The molecule has 3 aromatic heterocycles. The number of aliphatic imine (C=N–C) groups is 1. The lowest BCUT2D eigenvalue weighted by Crippen LogP contribution is -2.32. The lowest BCUT2D eigenvalue weighted by atomic mass is 10.1. The zero-order valence-corrected chi connectivity index (χ0v) is 21.1. The van der Waals surface area contributed by atoms with Crippen LogP contribution in [0.25, 0.3) is 22.3 Å². The number of rotatable bonds is 9. The largest absolute Gasteiger partial charge is 0.387 e. The number of hydrogen-bond acceptors (Lipinski definition) is 11. The number of thioether (sulfide) groups is 1. The molecule has 1 aliphatic rings.